The Kier molecular flexibility index (Phi) is 4.26. The molecule has 4 nitrogen and oxygen atoms in total. The highest BCUT2D eigenvalue weighted by atomic mass is 79.9. The lowest BCUT2D eigenvalue weighted by atomic mass is 10.3. The third kappa shape index (κ3) is 4.25. The van der Waals surface area contributed by atoms with Crippen molar-refractivity contribution in [2.24, 2.45) is 0 Å². The van der Waals surface area contributed by atoms with Crippen molar-refractivity contribution >= 4 is 21.6 Å². The van der Waals surface area contributed by atoms with Crippen LogP contribution in [0.4, 0.5) is 18.9 Å². The van der Waals surface area contributed by atoms with Crippen molar-refractivity contribution in [3.05, 3.63) is 40.5 Å². The largest absolute Gasteiger partial charge is 0.573 e. The molecule has 1 heterocycles. The highest BCUT2D eigenvalue weighted by Crippen LogP contribution is 2.35. The molecule has 8 heteroatoms. The number of halogens is 4. The topological polar surface area (TPSA) is 57.4 Å². The fourth-order valence-electron chi connectivity index (χ4n) is 1.49. The van der Waals surface area contributed by atoms with Gasteiger partial charge in [0, 0.05) is 5.69 Å². The van der Waals surface area contributed by atoms with Crippen LogP contribution in [-0.2, 0) is 0 Å². The van der Waals surface area contributed by atoms with Gasteiger partial charge in [0.2, 0.25) is 5.88 Å². The summed E-state index contributed by atoms with van der Waals surface area (Å²) in [4.78, 5) is 4.11. The first-order chi connectivity index (χ1) is 9.74. The number of hydrogen-bond donors (Lipinski definition) is 1. The number of benzene rings is 1. The van der Waals surface area contributed by atoms with Crippen LogP contribution in [-0.4, -0.2) is 11.3 Å². The lowest BCUT2D eigenvalue weighted by molar-refractivity contribution is -0.274. The molecule has 0 aliphatic heterocycles. The zero-order chi connectivity index (χ0) is 15.6. The molecule has 0 aliphatic rings. The number of anilines is 1. The Morgan fingerprint density at radius 3 is 2.52 bits per heavy atom. The third-order valence-corrected chi connectivity index (χ3v) is 2.99. The Balaban J connectivity index is 2.22. The summed E-state index contributed by atoms with van der Waals surface area (Å²) in [5.41, 5.74) is 6.75. The van der Waals surface area contributed by atoms with E-state index in [1.165, 1.54) is 12.1 Å². The van der Waals surface area contributed by atoms with Crippen LogP contribution in [0.5, 0.6) is 17.4 Å². The van der Waals surface area contributed by atoms with Crippen LogP contribution in [0.1, 0.15) is 5.69 Å². The Morgan fingerprint density at radius 1 is 1.19 bits per heavy atom. The summed E-state index contributed by atoms with van der Waals surface area (Å²) in [6.45, 7) is 1.77. The summed E-state index contributed by atoms with van der Waals surface area (Å²) in [6, 6.07) is 7.16. The van der Waals surface area contributed by atoms with E-state index in [2.05, 4.69) is 25.7 Å². The van der Waals surface area contributed by atoms with E-state index in [4.69, 9.17) is 10.5 Å². The van der Waals surface area contributed by atoms with E-state index in [1.807, 2.05) is 0 Å². The van der Waals surface area contributed by atoms with Crippen molar-refractivity contribution in [2.45, 2.75) is 13.3 Å². The molecular formula is C13H10BrF3N2O2. The molecule has 0 saturated heterocycles. The van der Waals surface area contributed by atoms with Gasteiger partial charge in [0.1, 0.15) is 11.5 Å². The standard InChI is InChI=1S/C13H10BrF3N2O2/c1-7-2-4-10(18)12(19-7)20-8-3-5-11(9(14)6-8)21-13(15,16)17/h2-6H,18H2,1H3. The molecule has 0 aliphatic carbocycles. The maximum Gasteiger partial charge on any atom is 0.573 e. The van der Waals surface area contributed by atoms with Gasteiger partial charge in [0.15, 0.2) is 0 Å². The molecule has 0 unspecified atom stereocenters. The van der Waals surface area contributed by atoms with Gasteiger partial charge < -0.3 is 15.2 Å². The minimum atomic E-state index is -4.76. The number of nitrogen functional groups attached to an aromatic ring is 1. The van der Waals surface area contributed by atoms with Crippen LogP contribution in [0.3, 0.4) is 0 Å². The maximum absolute atomic E-state index is 12.2. The minimum absolute atomic E-state index is 0.101. The predicted molar refractivity (Wildman–Crippen MR) is 74.3 cm³/mol. The fraction of sp³-hybridized carbons (Fsp3) is 0.154. The van der Waals surface area contributed by atoms with Gasteiger partial charge >= 0.3 is 6.36 Å². The quantitative estimate of drug-likeness (QED) is 0.877. The highest BCUT2D eigenvalue weighted by molar-refractivity contribution is 9.10. The smallest absolute Gasteiger partial charge is 0.437 e. The van der Waals surface area contributed by atoms with E-state index in [9.17, 15) is 13.2 Å². The molecular weight excluding hydrogens is 353 g/mol. The first-order valence-electron chi connectivity index (χ1n) is 5.71. The van der Waals surface area contributed by atoms with Gasteiger partial charge in [-0.2, -0.15) is 0 Å². The van der Waals surface area contributed by atoms with Crippen molar-refractivity contribution in [1.82, 2.24) is 4.98 Å². The van der Waals surface area contributed by atoms with Gasteiger partial charge in [-0.25, -0.2) is 4.98 Å². The molecule has 2 aromatic rings. The average Bonchev–Trinajstić information content (AvgIpc) is 2.36. The van der Waals surface area contributed by atoms with Gasteiger partial charge in [0.05, 0.1) is 10.2 Å². The summed E-state index contributed by atoms with van der Waals surface area (Å²) in [5, 5.41) is 0. The van der Waals surface area contributed by atoms with E-state index in [0.717, 1.165) is 6.07 Å². The SMILES string of the molecule is Cc1ccc(N)c(Oc2ccc(OC(F)(F)F)c(Br)c2)n1. The zero-order valence-corrected chi connectivity index (χ0v) is 12.3. The number of pyridine rings is 1. The zero-order valence-electron chi connectivity index (χ0n) is 10.7. The number of aromatic nitrogens is 1. The van der Waals surface area contributed by atoms with Gasteiger partial charge in [-0.05, 0) is 53.2 Å². The van der Waals surface area contributed by atoms with Crippen LogP contribution in [0.2, 0.25) is 0 Å². The number of nitrogens with two attached hydrogens (primary N) is 1. The molecule has 112 valence electrons. The predicted octanol–water partition coefficient (Wildman–Crippen LogP) is 4.43. The summed E-state index contributed by atoms with van der Waals surface area (Å²) < 4.78 is 45.9. The Labute approximate surface area is 126 Å². The lowest BCUT2D eigenvalue weighted by Crippen LogP contribution is -2.17. The van der Waals surface area contributed by atoms with Gasteiger partial charge in [-0.3, -0.25) is 0 Å². The van der Waals surface area contributed by atoms with Crippen LogP contribution < -0.4 is 15.2 Å². The normalized spacial score (nSPS) is 11.3. The number of ether oxygens (including phenoxy) is 2. The number of aryl methyl sites for hydroxylation is 1. The van der Waals surface area contributed by atoms with Crippen molar-refractivity contribution in [2.75, 3.05) is 5.73 Å². The van der Waals surface area contributed by atoms with Gasteiger partial charge in [-0.15, -0.1) is 13.2 Å². The molecule has 1 aromatic carbocycles. The van der Waals surface area contributed by atoms with Crippen molar-refractivity contribution in [3.63, 3.8) is 0 Å². The molecule has 0 atom stereocenters. The molecule has 0 bridgehead atoms. The molecule has 2 N–H and O–H groups in total. The Hall–Kier alpha value is -1.96. The van der Waals surface area contributed by atoms with Gasteiger partial charge in [-0.1, -0.05) is 0 Å². The number of nitrogens with zero attached hydrogens (tertiary/aromatic N) is 1. The highest BCUT2D eigenvalue weighted by Gasteiger charge is 2.32. The van der Waals surface area contributed by atoms with Crippen LogP contribution in [0.25, 0.3) is 0 Å². The summed E-state index contributed by atoms with van der Waals surface area (Å²) in [5.74, 6) is 0.104. The van der Waals surface area contributed by atoms with Crippen LogP contribution in [0, 0.1) is 6.92 Å². The first-order valence-corrected chi connectivity index (χ1v) is 6.50. The monoisotopic (exact) mass is 362 g/mol. The van der Waals surface area contributed by atoms with E-state index in [-0.39, 0.29) is 21.9 Å². The van der Waals surface area contributed by atoms with Crippen LogP contribution >= 0.6 is 15.9 Å². The third-order valence-electron chi connectivity index (χ3n) is 2.37. The summed E-state index contributed by atoms with van der Waals surface area (Å²) in [6.07, 6.45) is -4.76. The summed E-state index contributed by atoms with van der Waals surface area (Å²) >= 11 is 2.99. The van der Waals surface area contributed by atoms with Crippen molar-refractivity contribution in [1.29, 1.82) is 0 Å². The lowest BCUT2D eigenvalue weighted by Gasteiger charge is -2.12. The Morgan fingerprint density at radius 2 is 1.90 bits per heavy atom. The van der Waals surface area contributed by atoms with E-state index in [0.29, 0.717) is 11.4 Å². The van der Waals surface area contributed by atoms with E-state index in [1.54, 1.807) is 19.1 Å². The molecule has 0 amide bonds. The van der Waals surface area contributed by atoms with Crippen molar-refractivity contribution < 1.29 is 22.6 Å². The molecule has 0 spiro atoms. The first kappa shape index (κ1) is 15.4. The van der Waals surface area contributed by atoms with E-state index >= 15 is 0 Å². The Bertz CT molecular complexity index is 662. The molecule has 2 rings (SSSR count). The summed E-state index contributed by atoms with van der Waals surface area (Å²) in [7, 11) is 0. The second-order valence-corrected chi connectivity index (χ2v) is 4.94. The molecule has 1 aromatic heterocycles. The average molecular weight is 363 g/mol. The second kappa shape index (κ2) is 5.80. The molecule has 0 saturated carbocycles. The minimum Gasteiger partial charge on any atom is -0.437 e. The fourth-order valence-corrected chi connectivity index (χ4v) is 1.93. The van der Waals surface area contributed by atoms with Crippen molar-refractivity contribution in [3.8, 4) is 17.4 Å². The maximum atomic E-state index is 12.2. The number of alkyl halides is 3. The number of rotatable bonds is 3. The van der Waals surface area contributed by atoms with Crippen LogP contribution in [0.15, 0.2) is 34.8 Å². The number of hydrogen-bond acceptors (Lipinski definition) is 4. The second-order valence-electron chi connectivity index (χ2n) is 4.09. The molecule has 0 radical (unpaired) electrons. The molecule has 21 heavy (non-hydrogen) atoms. The molecule has 0 fully saturated rings. The van der Waals surface area contributed by atoms with E-state index < -0.39 is 6.36 Å². The van der Waals surface area contributed by atoms with Gasteiger partial charge in [0.25, 0.3) is 0 Å².